The van der Waals surface area contributed by atoms with Gasteiger partial charge in [-0.1, -0.05) is 145 Å². The van der Waals surface area contributed by atoms with Crippen LogP contribution in [0.15, 0.2) is 30.3 Å². The summed E-state index contributed by atoms with van der Waals surface area (Å²) < 4.78 is 0. The average Bonchev–Trinajstić information content (AvgIpc) is 1.37. The van der Waals surface area contributed by atoms with Gasteiger partial charge >= 0.3 is 0 Å². The fourth-order valence-corrected chi connectivity index (χ4v) is 10.6. The molecule has 1 aromatic rings. The van der Waals surface area contributed by atoms with Crippen molar-refractivity contribution in [3.05, 3.63) is 35.9 Å². The van der Waals surface area contributed by atoms with Crippen LogP contribution >= 0.6 is 0 Å². The normalized spacial score (nSPS) is 14.6. The second kappa shape index (κ2) is 48.0. The Kier molecular flexibility index (Phi) is 43.5. The predicted octanol–water partition coefficient (Wildman–Crippen LogP) is 3.56. The molecule has 530 valence electrons. The monoisotopic (exact) mass is 1310 g/mol. The number of carbonyl (C=O) groups is 11. The first-order valence-electron chi connectivity index (χ1n) is 34.5. The Balaban J connectivity index is 3.63. The van der Waals surface area contributed by atoms with E-state index >= 15 is 0 Å². The van der Waals surface area contributed by atoms with E-state index in [9.17, 15) is 52.7 Å². The number of primary amides is 1. The fourth-order valence-electron chi connectivity index (χ4n) is 10.6. The van der Waals surface area contributed by atoms with Crippen LogP contribution < -0.4 is 76.1 Å². The zero-order valence-corrected chi connectivity index (χ0v) is 58.2. The van der Waals surface area contributed by atoms with E-state index in [1.165, 1.54) is 0 Å². The standard InChI is InChI=1S/C68H122N14O11/c1-12-14-15-16-17-21-33-57(83)73-42-58(84)74-53(38-44(5)6)64(89)80-54(39-45(7)8)65(90)76-50(31-23-26-35-70)63(88)81-56(41-48-28-19-18-20-29-48)67(92)82-59(47(11)13-2)68(93)77-51(32-24-27-36-71)61(86)75-49(30-22-25-34-69)62(87)79-55(40-46(9)10)66(91)78-52(60(72)85)37-43(3)4/h18-20,28-29,43-47,49-56,59H,12-17,21-27,30-42,69-71H2,1-11H3,(H2,72,85)(H,73,83)(H,74,84)(H,75,86)(H,76,90)(H,77,93)(H,78,91)(H,79,87)(H,80,89)(H,81,88)(H,82,92)/t47-,49-,50-,51-,52-,53-,54-,55-,56-,59-/m0/s1. The van der Waals surface area contributed by atoms with Crippen LogP contribution in [0.3, 0.4) is 0 Å². The van der Waals surface area contributed by atoms with E-state index in [2.05, 4.69) is 60.1 Å². The van der Waals surface area contributed by atoms with Gasteiger partial charge in [-0.2, -0.15) is 0 Å². The quantitative estimate of drug-likeness (QED) is 0.0415. The lowest BCUT2D eigenvalue weighted by atomic mass is 9.96. The lowest BCUT2D eigenvalue weighted by Gasteiger charge is -2.30. The lowest BCUT2D eigenvalue weighted by Crippen LogP contribution is -2.61. The van der Waals surface area contributed by atoms with Crippen molar-refractivity contribution < 1.29 is 52.7 Å². The third-order valence-electron chi connectivity index (χ3n) is 16.1. The first-order valence-corrected chi connectivity index (χ1v) is 34.5. The summed E-state index contributed by atoms with van der Waals surface area (Å²) in [4.78, 5) is 154. The second-order valence-corrected chi connectivity index (χ2v) is 26.7. The highest BCUT2D eigenvalue weighted by atomic mass is 16.2. The summed E-state index contributed by atoms with van der Waals surface area (Å²) in [6.07, 6.45) is 10.5. The number of nitrogens with one attached hydrogen (secondary N) is 10. The molecule has 0 fully saturated rings. The summed E-state index contributed by atoms with van der Waals surface area (Å²) in [5.74, 6) is -7.79. The molecule has 0 spiro atoms. The highest BCUT2D eigenvalue weighted by molar-refractivity contribution is 5.99. The topological polar surface area (TPSA) is 412 Å². The Morgan fingerprint density at radius 3 is 1.14 bits per heavy atom. The maximum atomic E-state index is 14.9. The van der Waals surface area contributed by atoms with E-state index < -0.39 is 119 Å². The van der Waals surface area contributed by atoms with Gasteiger partial charge in [-0.05, 0) is 145 Å². The summed E-state index contributed by atoms with van der Waals surface area (Å²) in [7, 11) is 0. The van der Waals surface area contributed by atoms with E-state index in [0.29, 0.717) is 63.5 Å². The van der Waals surface area contributed by atoms with Crippen molar-refractivity contribution in [1.29, 1.82) is 0 Å². The number of benzene rings is 1. The van der Waals surface area contributed by atoms with Gasteiger partial charge in [-0.25, -0.2) is 0 Å². The third kappa shape index (κ3) is 36.5. The minimum atomic E-state index is -1.32. The van der Waals surface area contributed by atoms with Gasteiger partial charge in [0.05, 0.1) is 6.54 Å². The molecule has 0 aliphatic carbocycles. The largest absolute Gasteiger partial charge is 0.368 e. The maximum Gasteiger partial charge on any atom is 0.243 e. The molecule has 10 atom stereocenters. The van der Waals surface area contributed by atoms with Gasteiger partial charge in [0.25, 0.3) is 0 Å². The van der Waals surface area contributed by atoms with Gasteiger partial charge < -0.3 is 76.1 Å². The number of nitrogens with two attached hydrogens (primary N) is 4. The lowest BCUT2D eigenvalue weighted by molar-refractivity contribution is -0.136. The molecular formula is C68H122N14O11. The minimum Gasteiger partial charge on any atom is -0.368 e. The van der Waals surface area contributed by atoms with Crippen LogP contribution in [0.25, 0.3) is 0 Å². The summed E-state index contributed by atoms with van der Waals surface area (Å²) in [6.45, 7) is 21.3. The van der Waals surface area contributed by atoms with E-state index in [1.807, 2.05) is 62.3 Å². The molecule has 93 heavy (non-hydrogen) atoms. The number of hydrogen-bond donors (Lipinski definition) is 14. The number of amides is 11. The van der Waals surface area contributed by atoms with Crippen molar-refractivity contribution in [1.82, 2.24) is 53.2 Å². The molecule has 25 heteroatoms. The summed E-state index contributed by atoms with van der Waals surface area (Å²) in [6, 6.07) is -1.67. The van der Waals surface area contributed by atoms with Gasteiger partial charge in [-0.15, -0.1) is 0 Å². The van der Waals surface area contributed by atoms with Crippen LogP contribution in [-0.2, 0) is 59.2 Å². The minimum absolute atomic E-state index is 0.0211. The SMILES string of the molecule is CCCCCCCCC(=O)NCC(=O)N[C@@H](CC(C)C)C(=O)N[C@@H](CC(C)C)C(=O)N[C@@H](CCCCN)C(=O)N[C@@H](Cc1ccccc1)C(=O)N[C@H](C(=O)N[C@@H](CCCCN)C(=O)N[C@@H](CCCCN)C(=O)N[C@@H](CC(C)C)C(=O)N[C@@H](CC(C)C)C(N)=O)[C@@H](C)CC. The van der Waals surface area contributed by atoms with Crippen molar-refractivity contribution in [2.24, 2.45) is 52.5 Å². The van der Waals surface area contributed by atoms with E-state index in [-0.39, 0.29) is 107 Å². The predicted molar refractivity (Wildman–Crippen MR) is 364 cm³/mol. The molecule has 0 heterocycles. The number of hydrogen-bond acceptors (Lipinski definition) is 14. The maximum absolute atomic E-state index is 14.9. The smallest absolute Gasteiger partial charge is 0.243 e. The molecule has 0 unspecified atom stereocenters. The molecule has 0 aromatic heterocycles. The number of rotatable bonds is 51. The Morgan fingerprint density at radius 2 is 0.731 bits per heavy atom. The number of unbranched alkanes of at least 4 members (excludes halogenated alkanes) is 8. The van der Waals surface area contributed by atoms with Crippen LogP contribution in [0, 0.1) is 29.6 Å². The second-order valence-electron chi connectivity index (χ2n) is 26.7. The van der Waals surface area contributed by atoms with E-state index in [0.717, 1.165) is 32.1 Å². The molecular weight excluding hydrogens is 1190 g/mol. The van der Waals surface area contributed by atoms with E-state index in [1.54, 1.807) is 37.3 Å². The van der Waals surface area contributed by atoms with Crippen molar-refractivity contribution in [2.75, 3.05) is 26.2 Å². The van der Waals surface area contributed by atoms with Gasteiger partial charge in [-0.3, -0.25) is 52.7 Å². The van der Waals surface area contributed by atoms with Crippen LogP contribution in [0.4, 0.5) is 0 Å². The molecule has 0 bridgehead atoms. The van der Waals surface area contributed by atoms with Crippen molar-refractivity contribution in [3.8, 4) is 0 Å². The Morgan fingerprint density at radius 1 is 0.376 bits per heavy atom. The zero-order chi connectivity index (χ0) is 70.0. The van der Waals surface area contributed by atoms with Crippen LogP contribution in [0.1, 0.15) is 217 Å². The van der Waals surface area contributed by atoms with Crippen LogP contribution in [-0.4, -0.2) is 146 Å². The van der Waals surface area contributed by atoms with Crippen LogP contribution in [0.5, 0.6) is 0 Å². The summed E-state index contributed by atoms with van der Waals surface area (Å²) >= 11 is 0. The van der Waals surface area contributed by atoms with E-state index in [4.69, 9.17) is 22.9 Å². The van der Waals surface area contributed by atoms with Crippen molar-refractivity contribution in [3.63, 3.8) is 0 Å². The van der Waals surface area contributed by atoms with Crippen molar-refractivity contribution >= 4 is 65.0 Å². The average molecular weight is 1310 g/mol. The van der Waals surface area contributed by atoms with Gasteiger partial charge in [0.2, 0.25) is 65.0 Å². The number of carbonyl (C=O) groups excluding carboxylic acids is 11. The fraction of sp³-hybridized carbons (Fsp3) is 0.750. The molecule has 0 aliphatic heterocycles. The highest BCUT2D eigenvalue weighted by Crippen LogP contribution is 2.17. The molecule has 11 amide bonds. The molecule has 1 rings (SSSR count). The van der Waals surface area contributed by atoms with Gasteiger partial charge in [0, 0.05) is 12.8 Å². The Bertz CT molecular complexity index is 2410. The first-order chi connectivity index (χ1) is 44.1. The molecule has 0 saturated heterocycles. The van der Waals surface area contributed by atoms with Crippen LogP contribution in [0.2, 0.25) is 0 Å². The molecule has 0 radical (unpaired) electrons. The molecule has 1 aromatic carbocycles. The third-order valence-corrected chi connectivity index (χ3v) is 16.1. The highest BCUT2D eigenvalue weighted by Gasteiger charge is 2.37. The summed E-state index contributed by atoms with van der Waals surface area (Å²) in [5.41, 5.74) is 23.9. The van der Waals surface area contributed by atoms with Crippen molar-refractivity contribution in [2.45, 2.75) is 272 Å². The Hall–Kier alpha value is -6.73. The van der Waals surface area contributed by atoms with Gasteiger partial charge in [0.1, 0.15) is 54.4 Å². The summed E-state index contributed by atoms with van der Waals surface area (Å²) in [5, 5.41) is 27.9. The Labute approximate surface area is 555 Å². The molecule has 0 saturated carbocycles. The first kappa shape index (κ1) is 84.3. The van der Waals surface area contributed by atoms with Gasteiger partial charge in [0.15, 0.2) is 0 Å². The molecule has 0 aliphatic rings. The molecule has 25 nitrogen and oxygen atoms in total. The zero-order valence-electron chi connectivity index (χ0n) is 58.2. The molecule has 18 N–H and O–H groups in total.